The number of imide groups is 1. The SMILES string of the molecule is O=C(CSc1cccc[n+]1[O-])NCCN1C(=O)SC(=Cc2ccccc2F)C1=O. The Morgan fingerprint density at radius 3 is 2.76 bits per heavy atom. The summed E-state index contributed by atoms with van der Waals surface area (Å²) in [5.74, 6) is -1.31. The molecule has 3 amide bonds. The molecule has 0 atom stereocenters. The third kappa shape index (κ3) is 5.36. The smallest absolute Gasteiger partial charge is 0.293 e. The Hall–Kier alpha value is -2.85. The third-order valence-electron chi connectivity index (χ3n) is 3.86. The Labute approximate surface area is 174 Å². The molecule has 0 aliphatic carbocycles. The van der Waals surface area contributed by atoms with Crippen molar-refractivity contribution in [3.05, 3.63) is 70.2 Å². The lowest BCUT2D eigenvalue weighted by atomic mass is 10.2. The van der Waals surface area contributed by atoms with Gasteiger partial charge in [-0.2, -0.15) is 4.73 Å². The van der Waals surface area contributed by atoms with Crippen LogP contribution in [0.5, 0.6) is 0 Å². The van der Waals surface area contributed by atoms with Crippen LogP contribution in [0.3, 0.4) is 0 Å². The van der Waals surface area contributed by atoms with Crippen molar-refractivity contribution < 1.29 is 23.5 Å². The molecule has 7 nitrogen and oxygen atoms in total. The van der Waals surface area contributed by atoms with E-state index in [9.17, 15) is 24.0 Å². The highest BCUT2D eigenvalue weighted by Gasteiger charge is 2.34. The Kier molecular flexibility index (Phi) is 6.89. The summed E-state index contributed by atoms with van der Waals surface area (Å²) >= 11 is 1.81. The second-order valence-electron chi connectivity index (χ2n) is 5.86. The highest BCUT2D eigenvalue weighted by Crippen LogP contribution is 2.32. The van der Waals surface area contributed by atoms with Crippen molar-refractivity contribution in [1.82, 2.24) is 10.2 Å². The van der Waals surface area contributed by atoms with Crippen molar-refractivity contribution in [2.24, 2.45) is 0 Å². The molecule has 10 heteroatoms. The Morgan fingerprint density at radius 2 is 2.00 bits per heavy atom. The lowest BCUT2D eigenvalue weighted by molar-refractivity contribution is -0.645. The zero-order chi connectivity index (χ0) is 20.8. The molecule has 0 spiro atoms. The van der Waals surface area contributed by atoms with Crippen LogP contribution in [0, 0.1) is 11.0 Å². The predicted molar refractivity (Wildman–Crippen MR) is 108 cm³/mol. The molecule has 0 radical (unpaired) electrons. The molecule has 29 heavy (non-hydrogen) atoms. The maximum atomic E-state index is 13.7. The minimum Gasteiger partial charge on any atom is -0.618 e. The summed E-state index contributed by atoms with van der Waals surface area (Å²) in [5, 5.41) is 14.1. The van der Waals surface area contributed by atoms with Gasteiger partial charge in [-0.3, -0.25) is 19.3 Å². The molecule has 150 valence electrons. The zero-order valence-corrected chi connectivity index (χ0v) is 16.7. The largest absolute Gasteiger partial charge is 0.618 e. The average molecular weight is 433 g/mol. The molecule has 1 aliphatic rings. The summed E-state index contributed by atoms with van der Waals surface area (Å²) in [4.78, 5) is 37.5. The van der Waals surface area contributed by atoms with Crippen molar-refractivity contribution in [2.75, 3.05) is 18.8 Å². The van der Waals surface area contributed by atoms with E-state index in [1.165, 1.54) is 30.5 Å². The van der Waals surface area contributed by atoms with Gasteiger partial charge in [-0.15, -0.1) is 0 Å². The fourth-order valence-electron chi connectivity index (χ4n) is 2.45. The van der Waals surface area contributed by atoms with E-state index in [1.54, 1.807) is 24.3 Å². The molecule has 0 unspecified atom stereocenters. The van der Waals surface area contributed by atoms with E-state index in [0.717, 1.165) is 28.4 Å². The molecular formula is C19H16FN3O4S2. The van der Waals surface area contributed by atoms with Gasteiger partial charge in [-0.1, -0.05) is 18.2 Å². The van der Waals surface area contributed by atoms with Crippen LogP contribution >= 0.6 is 23.5 Å². The summed E-state index contributed by atoms with van der Waals surface area (Å²) in [6.45, 7) is 0.0825. The van der Waals surface area contributed by atoms with Crippen molar-refractivity contribution in [2.45, 2.75) is 5.03 Å². The molecule has 1 fully saturated rings. The van der Waals surface area contributed by atoms with Crippen LogP contribution in [-0.4, -0.2) is 40.8 Å². The van der Waals surface area contributed by atoms with Gasteiger partial charge >= 0.3 is 0 Å². The van der Waals surface area contributed by atoms with Crippen LogP contribution < -0.4 is 10.0 Å². The second kappa shape index (κ2) is 9.57. The van der Waals surface area contributed by atoms with Crippen molar-refractivity contribution in [3.8, 4) is 0 Å². The summed E-state index contributed by atoms with van der Waals surface area (Å²) in [6, 6.07) is 10.8. The van der Waals surface area contributed by atoms with Gasteiger partial charge in [-0.25, -0.2) is 4.39 Å². The minimum atomic E-state index is -0.524. The van der Waals surface area contributed by atoms with Gasteiger partial charge in [0.2, 0.25) is 5.91 Å². The van der Waals surface area contributed by atoms with Gasteiger partial charge in [-0.05, 0) is 41.7 Å². The number of hydrogen-bond acceptors (Lipinski definition) is 6. The maximum absolute atomic E-state index is 13.7. The highest BCUT2D eigenvalue weighted by molar-refractivity contribution is 8.18. The van der Waals surface area contributed by atoms with Crippen LogP contribution in [0.15, 0.2) is 58.6 Å². The number of nitrogens with one attached hydrogen (secondary N) is 1. The van der Waals surface area contributed by atoms with E-state index in [0.29, 0.717) is 9.76 Å². The van der Waals surface area contributed by atoms with E-state index >= 15 is 0 Å². The summed E-state index contributed by atoms with van der Waals surface area (Å²) in [6.07, 6.45) is 2.68. The van der Waals surface area contributed by atoms with E-state index < -0.39 is 17.0 Å². The fourth-order valence-corrected chi connectivity index (χ4v) is 4.05. The minimum absolute atomic E-state index is 0.00256. The molecule has 2 aromatic rings. The van der Waals surface area contributed by atoms with Gasteiger partial charge in [0, 0.05) is 30.8 Å². The number of rotatable bonds is 7. The first kappa shape index (κ1) is 20.9. The third-order valence-corrected chi connectivity index (χ3v) is 5.79. The molecule has 1 aromatic carbocycles. The molecular weight excluding hydrogens is 417 g/mol. The normalized spacial score (nSPS) is 15.2. The molecule has 3 rings (SSSR count). The van der Waals surface area contributed by atoms with Gasteiger partial charge in [0.1, 0.15) is 5.82 Å². The molecule has 1 N–H and O–H groups in total. The highest BCUT2D eigenvalue weighted by atomic mass is 32.2. The Balaban J connectivity index is 1.50. The van der Waals surface area contributed by atoms with Crippen LogP contribution in [0.2, 0.25) is 0 Å². The van der Waals surface area contributed by atoms with Crippen LogP contribution in [0.4, 0.5) is 9.18 Å². The van der Waals surface area contributed by atoms with Crippen LogP contribution in [0.1, 0.15) is 5.56 Å². The lowest BCUT2D eigenvalue weighted by Crippen LogP contribution is -2.38. The molecule has 2 heterocycles. The molecule has 0 saturated carbocycles. The number of aromatic nitrogens is 1. The average Bonchev–Trinajstić information content (AvgIpc) is 2.96. The summed E-state index contributed by atoms with van der Waals surface area (Å²) in [5.41, 5.74) is 0.222. The number of pyridine rings is 1. The monoisotopic (exact) mass is 433 g/mol. The van der Waals surface area contributed by atoms with E-state index in [2.05, 4.69) is 5.32 Å². The number of halogens is 1. The van der Waals surface area contributed by atoms with Gasteiger partial charge < -0.3 is 10.5 Å². The number of thioether (sulfide) groups is 2. The number of carbonyl (C=O) groups is 3. The van der Waals surface area contributed by atoms with Gasteiger partial charge in [0.15, 0.2) is 6.20 Å². The second-order valence-corrected chi connectivity index (χ2v) is 7.85. The Morgan fingerprint density at radius 1 is 1.24 bits per heavy atom. The lowest BCUT2D eigenvalue weighted by Gasteiger charge is -2.12. The first-order valence-electron chi connectivity index (χ1n) is 8.53. The van der Waals surface area contributed by atoms with Gasteiger partial charge in [0.05, 0.1) is 10.7 Å². The zero-order valence-electron chi connectivity index (χ0n) is 15.0. The fraction of sp³-hybridized carbons (Fsp3) is 0.158. The van der Waals surface area contributed by atoms with Gasteiger partial charge in [0.25, 0.3) is 16.2 Å². The molecule has 1 aromatic heterocycles. The quantitative estimate of drug-likeness (QED) is 0.312. The maximum Gasteiger partial charge on any atom is 0.293 e. The number of hydrogen-bond donors (Lipinski definition) is 1. The van der Waals surface area contributed by atoms with Crippen LogP contribution in [-0.2, 0) is 9.59 Å². The standard InChI is InChI=1S/C19H16FN3O4S2/c20-14-6-2-1-5-13(14)11-15-18(25)22(19(26)29-15)10-8-21-16(24)12-28-17-7-3-4-9-23(17)27/h1-7,9,11H,8,10,12H2,(H,21,24). The number of carbonyl (C=O) groups excluding carboxylic acids is 3. The molecule has 1 saturated heterocycles. The molecule has 1 aliphatic heterocycles. The molecule has 0 bridgehead atoms. The number of benzene rings is 1. The first-order valence-corrected chi connectivity index (χ1v) is 10.3. The number of nitrogens with zero attached hydrogens (tertiary/aromatic N) is 2. The van der Waals surface area contributed by atoms with E-state index in [1.807, 2.05) is 0 Å². The van der Waals surface area contributed by atoms with Crippen molar-refractivity contribution >= 4 is 46.7 Å². The Bertz CT molecular complexity index is 983. The van der Waals surface area contributed by atoms with Crippen molar-refractivity contribution in [1.29, 1.82) is 0 Å². The van der Waals surface area contributed by atoms with E-state index in [4.69, 9.17) is 0 Å². The van der Waals surface area contributed by atoms with Crippen molar-refractivity contribution in [3.63, 3.8) is 0 Å². The number of amides is 3. The first-order chi connectivity index (χ1) is 14.0. The summed E-state index contributed by atoms with van der Waals surface area (Å²) in [7, 11) is 0. The predicted octanol–water partition coefficient (Wildman–Crippen LogP) is 2.40. The summed E-state index contributed by atoms with van der Waals surface area (Å²) < 4.78 is 14.4. The van der Waals surface area contributed by atoms with E-state index in [-0.39, 0.29) is 35.2 Å². The van der Waals surface area contributed by atoms with Crippen LogP contribution in [0.25, 0.3) is 6.08 Å². The topological polar surface area (TPSA) is 93.4 Å².